The van der Waals surface area contributed by atoms with Crippen LogP contribution in [0, 0.1) is 6.92 Å². The predicted molar refractivity (Wildman–Crippen MR) is 102 cm³/mol. The smallest absolute Gasteiger partial charge is 0.475 e. The minimum atomic E-state index is -5.08. The minimum absolute atomic E-state index is 0.148. The molecule has 10 heteroatoms. The minimum Gasteiger partial charge on any atom is -0.475 e. The second kappa shape index (κ2) is 10.2. The summed E-state index contributed by atoms with van der Waals surface area (Å²) in [6.07, 6.45) is -2.08. The third-order valence-corrected chi connectivity index (χ3v) is 4.64. The molecule has 30 heavy (non-hydrogen) atoms. The summed E-state index contributed by atoms with van der Waals surface area (Å²) in [6, 6.07) is 10.1. The molecule has 2 heterocycles. The molecular formula is C20H24F3N3O4. The van der Waals surface area contributed by atoms with Crippen molar-refractivity contribution in [3.63, 3.8) is 0 Å². The van der Waals surface area contributed by atoms with Gasteiger partial charge in [0.1, 0.15) is 0 Å². The summed E-state index contributed by atoms with van der Waals surface area (Å²) >= 11 is 0. The Bertz CT molecular complexity index is 853. The van der Waals surface area contributed by atoms with E-state index in [0.29, 0.717) is 25.3 Å². The molecule has 0 spiro atoms. The molecule has 1 amide bonds. The van der Waals surface area contributed by atoms with Crippen molar-refractivity contribution in [3.8, 4) is 11.3 Å². The lowest BCUT2D eigenvalue weighted by Crippen LogP contribution is -2.40. The van der Waals surface area contributed by atoms with Crippen LogP contribution >= 0.6 is 0 Å². The molecule has 3 rings (SSSR count). The zero-order valence-corrected chi connectivity index (χ0v) is 16.5. The molecule has 1 aliphatic heterocycles. The first-order chi connectivity index (χ1) is 14.1. The Hall–Kier alpha value is -2.88. The van der Waals surface area contributed by atoms with Gasteiger partial charge in [0.05, 0.1) is 5.69 Å². The Morgan fingerprint density at radius 2 is 1.93 bits per heavy atom. The van der Waals surface area contributed by atoms with Crippen LogP contribution in [-0.2, 0) is 16.0 Å². The van der Waals surface area contributed by atoms with E-state index in [9.17, 15) is 18.0 Å². The molecule has 0 aliphatic carbocycles. The Labute approximate surface area is 171 Å². The zero-order valence-electron chi connectivity index (χ0n) is 16.5. The van der Waals surface area contributed by atoms with Crippen LogP contribution in [0.2, 0.25) is 0 Å². The Morgan fingerprint density at radius 1 is 1.30 bits per heavy atom. The lowest BCUT2D eigenvalue weighted by atomic mass is 10.1. The molecule has 0 saturated carbocycles. The normalized spacial score (nSPS) is 16.2. The highest BCUT2D eigenvalue weighted by Crippen LogP contribution is 2.25. The molecule has 1 fully saturated rings. The van der Waals surface area contributed by atoms with Gasteiger partial charge in [0.2, 0.25) is 5.91 Å². The number of carbonyl (C=O) groups excluding carboxylic acids is 1. The first-order valence-electron chi connectivity index (χ1n) is 9.44. The monoisotopic (exact) mass is 427 g/mol. The highest BCUT2D eigenvalue weighted by Gasteiger charge is 2.38. The van der Waals surface area contributed by atoms with Crippen LogP contribution in [0.5, 0.6) is 0 Å². The van der Waals surface area contributed by atoms with E-state index in [2.05, 4.69) is 4.98 Å². The molecular weight excluding hydrogens is 403 g/mol. The zero-order chi connectivity index (χ0) is 22.3. The molecule has 7 nitrogen and oxygen atoms in total. The van der Waals surface area contributed by atoms with Crippen LogP contribution in [0.1, 0.15) is 30.8 Å². The van der Waals surface area contributed by atoms with Crippen LogP contribution in [0.3, 0.4) is 0 Å². The molecule has 0 bridgehead atoms. The van der Waals surface area contributed by atoms with Gasteiger partial charge in [0.15, 0.2) is 11.7 Å². The largest absolute Gasteiger partial charge is 0.490 e. The van der Waals surface area contributed by atoms with Crippen molar-refractivity contribution in [2.45, 2.75) is 44.8 Å². The fourth-order valence-electron chi connectivity index (χ4n) is 3.18. The number of likely N-dealkylation sites (tertiary alicyclic amines) is 1. The van der Waals surface area contributed by atoms with Gasteiger partial charge >= 0.3 is 12.1 Å². The quantitative estimate of drug-likeness (QED) is 0.759. The summed E-state index contributed by atoms with van der Waals surface area (Å²) in [4.78, 5) is 27.6. The number of amides is 1. The number of halogens is 3. The molecule has 1 aromatic heterocycles. The SMILES string of the molecule is Cc1nc(CCC(=O)N2CCCC2CN)oc1-c1ccccc1.O=C(O)C(F)(F)F. The summed E-state index contributed by atoms with van der Waals surface area (Å²) in [5, 5.41) is 7.12. The average molecular weight is 427 g/mol. The molecule has 1 saturated heterocycles. The molecule has 164 valence electrons. The summed E-state index contributed by atoms with van der Waals surface area (Å²) < 4.78 is 37.6. The number of nitrogens with two attached hydrogens (primary N) is 1. The van der Waals surface area contributed by atoms with Crippen molar-refractivity contribution in [1.29, 1.82) is 0 Å². The maximum atomic E-state index is 12.4. The van der Waals surface area contributed by atoms with Crippen molar-refractivity contribution in [3.05, 3.63) is 41.9 Å². The molecule has 0 radical (unpaired) electrons. The molecule has 1 unspecified atom stereocenters. The number of aryl methyl sites for hydroxylation is 2. The van der Waals surface area contributed by atoms with E-state index in [0.717, 1.165) is 36.4 Å². The van der Waals surface area contributed by atoms with Gasteiger partial charge in [-0.2, -0.15) is 13.2 Å². The Kier molecular flexibility index (Phi) is 7.99. The fraction of sp³-hybridized carbons (Fsp3) is 0.450. The van der Waals surface area contributed by atoms with Crippen molar-refractivity contribution in [2.75, 3.05) is 13.1 Å². The third-order valence-electron chi connectivity index (χ3n) is 4.64. The van der Waals surface area contributed by atoms with Crippen LogP contribution in [-0.4, -0.2) is 52.2 Å². The highest BCUT2D eigenvalue weighted by molar-refractivity contribution is 5.77. The van der Waals surface area contributed by atoms with Gasteiger partial charge in [-0.15, -0.1) is 0 Å². The van der Waals surface area contributed by atoms with Gasteiger partial charge in [0.25, 0.3) is 0 Å². The van der Waals surface area contributed by atoms with Gasteiger partial charge in [-0.05, 0) is 19.8 Å². The van der Waals surface area contributed by atoms with Gasteiger partial charge in [0, 0.05) is 37.5 Å². The first-order valence-corrected chi connectivity index (χ1v) is 9.44. The standard InChI is InChI=1S/C18H23N3O2.C2HF3O2/c1-13-18(14-6-3-2-4-7-14)23-16(20-13)9-10-17(22)21-11-5-8-15(21)12-19;3-2(4,5)1(6)7/h2-4,6-7,15H,5,8-12,19H2,1H3;(H,6,7). The van der Waals surface area contributed by atoms with E-state index in [1.165, 1.54) is 0 Å². The van der Waals surface area contributed by atoms with Crippen molar-refractivity contribution in [2.24, 2.45) is 5.73 Å². The summed E-state index contributed by atoms with van der Waals surface area (Å²) in [7, 11) is 0. The van der Waals surface area contributed by atoms with Crippen LogP contribution in [0.4, 0.5) is 13.2 Å². The number of aliphatic carboxylic acids is 1. The molecule has 2 aromatic rings. The third kappa shape index (κ3) is 6.31. The number of carboxylic acid groups (broad SMARTS) is 1. The number of carboxylic acids is 1. The number of nitrogens with zero attached hydrogens (tertiary/aromatic N) is 2. The van der Waals surface area contributed by atoms with Gasteiger partial charge in [-0.3, -0.25) is 4.79 Å². The van der Waals surface area contributed by atoms with Crippen molar-refractivity contribution in [1.82, 2.24) is 9.88 Å². The van der Waals surface area contributed by atoms with Crippen LogP contribution in [0.15, 0.2) is 34.7 Å². The van der Waals surface area contributed by atoms with E-state index in [1.54, 1.807) is 0 Å². The predicted octanol–water partition coefficient (Wildman–Crippen LogP) is 3.17. The van der Waals surface area contributed by atoms with E-state index in [4.69, 9.17) is 20.1 Å². The number of hydrogen-bond donors (Lipinski definition) is 2. The molecule has 1 aliphatic rings. The number of hydrogen-bond acceptors (Lipinski definition) is 5. The Morgan fingerprint density at radius 3 is 2.50 bits per heavy atom. The van der Waals surface area contributed by atoms with E-state index < -0.39 is 12.1 Å². The van der Waals surface area contributed by atoms with Gasteiger partial charge in [-0.1, -0.05) is 30.3 Å². The number of oxazole rings is 1. The molecule has 1 aromatic carbocycles. The second-order valence-corrected chi connectivity index (χ2v) is 6.81. The van der Waals surface area contributed by atoms with Crippen molar-refractivity contribution >= 4 is 11.9 Å². The van der Waals surface area contributed by atoms with Crippen LogP contribution < -0.4 is 5.73 Å². The van der Waals surface area contributed by atoms with Gasteiger partial charge < -0.3 is 20.2 Å². The van der Waals surface area contributed by atoms with E-state index in [1.807, 2.05) is 42.2 Å². The summed E-state index contributed by atoms with van der Waals surface area (Å²) in [5.41, 5.74) is 7.60. The fourth-order valence-corrected chi connectivity index (χ4v) is 3.18. The van der Waals surface area contributed by atoms with Crippen molar-refractivity contribution < 1.29 is 32.3 Å². The number of carbonyl (C=O) groups is 2. The van der Waals surface area contributed by atoms with Gasteiger partial charge in [-0.25, -0.2) is 9.78 Å². The van der Waals surface area contributed by atoms with Crippen LogP contribution in [0.25, 0.3) is 11.3 Å². The number of rotatable bonds is 5. The number of benzene rings is 1. The Balaban J connectivity index is 0.000000396. The maximum absolute atomic E-state index is 12.4. The molecule has 1 atom stereocenters. The lowest BCUT2D eigenvalue weighted by molar-refractivity contribution is -0.192. The van der Waals surface area contributed by atoms with E-state index >= 15 is 0 Å². The topological polar surface area (TPSA) is 110 Å². The highest BCUT2D eigenvalue weighted by atomic mass is 19.4. The second-order valence-electron chi connectivity index (χ2n) is 6.81. The number of alkyl halides is 3. The average Bonchev–Trinajstić information content (AvgIpc) is 3.33. The number of aromatic nitrogens is 1. The lowest BCUT2D eigenvalue weighted by Gasteiger charge is -2.23. The summed E-state index contributed by atoms with van der Waals surface area (Å²) in [6.45, 7) is 3.30. The van der Waals surface area contributed by atoms with E-state index in [-0.39, 0.29) is 11.9 Å². The molecule has 3 N–H and O–H groups in total. The maximum Gasteiger partial charge on any atom is 0.490 e. The first kappa shape index (κ1) is 23.4. The summed E-state index contributed by atoms with van der Waals surface area (Å²) in [5.74, 6) is -1.20.